The number of aromatic nitrogens is 4. The summed E-state index contributed by atoms with van der Waals surface area (Å²) >= 11 is 6.85. The molecular formula is C15H11ClF3N5O2S. The van der Waals surface area contributed by atoms with E-state index in [0.29, 0.717) is 29.0 Å². The number of rotatable bonds is 5. The van der Waals surface area contributed by atoms with E-state index in [1.54, 1.807) is 23.7 Å². The van der Waals surface area contributed by atoms with Crippen LogP contribution in [0.2, 0.25) is 5.02 Å². The third-order valence-electron chi connectivity index (χ3n) is 3.34. The first-order valence-electron chi connectivity index (χ1n) is 7.34. The maximum Gasteiger partial charge on any atom is 0.417 e. The van der Waals surface area contributed by atoms with Crippen LogP contribution in [0.25, 0.3) is 11.6 Å². The van der Waals surface area contributed by atoms with E-state index in [2.05, 4.69) is 20.5 Å². The van der Waals surface area contributed by atoms with Crippen molar-refractivity contribution < 1.29 is 22.4 Å². The lowest BCUT2D eigenvalue weighted by Crippen LogP contribution is -2.16. The average molecular weight is 418 g/mol. The van der Waals surface area contributed by atoms with Gasteiger partial charge in [0.1, 0.15) is 0 Å². The summed E-state index contributed by atoms with van der Waals surface area (Å²) in [7, 11) is 1.71. The van der Waals surface area contributed by atoms with Gasteiger partial charge in [-0.15, -0.1) is 10.2 Å². The summed E-state index contributed by atoms with van der Waals surface area (Å²) < 4.78 is 44.7. The number of hydrogen-bond donors (Lipinski definition) is 1. The number of thioether (sulfide) groups is 1. The van der Waals surface area contributed by atoms with E-state index in [4.69, 9.17) is 16.0 Å². The molecule has 0 aromatic carbocycles. The van der Waals surface area contributed by atoms with E-state index < -0.39 is 17.6 Å². The molecule has 0 atom stereocenters. The maximum atomic E-state index is 12.6. The third-order valence-corrected chi connectivity index (χ3v) is 4.64. The van der Waals surface area contributed by atoms with Crippen molar-refractivity contribution in [2.75, 3.05) is 11.1 Å². The van der Waals surface area contributed by atoms with E-state index in [0.717, 1.165) is 11.8 Å². The molecule has 0 aliphatic carbocycles. The molecule has 0 unspecified atom stereocenters. The molecule has 3 aromatic rings. The third kappa shape index (κ3) is 4.42. The second-order valence-corrected chi connectivity index (χ2v) is 6.58. The van der Waals surface area contributed by atoms with Crippen molar-refractivity contribution in [2.24, 2.45) is 7.05 Å². The van der Waals surface area contributed by atoms with Gasteiger partial charge in [0.15, 0.2) is 22.6 Å². The quantitative estimate of drug-likeness (QED) is 0.634. The van der Waals surface area contributed by atoms with Crippen LogP contribution >= 0.6 is 23.4 Å². The smallest absolute Gasteiger partial charge is 0.417 e. The SMILES string of the molecule is Cn1c(SCC(=O)Nc2ncc(C(F)(F)F)cc2Cl)nnc1-c1ccco1. The van der Waals surface area contributed by atoms with Crippen LogP contribution in [0.4, 0.5) is 19.0 Å². The second-order valence-electron chi connectivity index (χ2n) is 5.23. The number of nitrogens with zero attached hydrogens (tertiary/aromatic N) is 4. The molecule has 0 aliphatic rings. The number of halogens is 4. The van der Waals surface area contributed by atoms with Crippen molar-refractivity contribution in [1.29, 1.82) is 0 Å². The highest BCUT2D eigenvalue weighted by Crippen LogP contribution is 2.32. The lowest BCUT2D eigenvalue weighted by molar-refractivity contribution is -0.137. The van der Waals surface area contributed by atoms with Gasteiger partial charge in [-0.05, 0) is 18.2 Å². The molecule has 0 fully saturated rings. The highest BCUT2D eigenvalue weighted by atomic mass is 35.5. The predicted molar refractivity (Wildman–Crippen MR) is 92.3 cm³/mol. The number of furan rings is 1. The molecule has 7 nitrogen and oxygen atoms in total. The molecule has 0 aliphatic heterocycles. The first-order valence-corrected chi connectivity index (χ1v) is 8.70. The first-order chi connectivity index (χ1) is 12.8. The molecule has 3 heterocycles. The van der Waals surface area contributed by atoms with E-state index >= 15 is 0 Å². The number of nitrogens with one attached hydrogen (secondary N) is 1. The Bertz CT molecular complexity index is 959. The molecular weight excluding hydrogens is 407 g/mol. The fourth-order valence-electron chi connectivity index (χ4n) is 2.04. The van der Waals surface area contributed by atoms with Crippen molar-refractivity contribution in [3.8, 4) is 11.6 Å². The summed E-state index contributed by atoms with van der Waals surface area (Å²) in [5, 5.41) is 10.5. The van der Waals surface area contributed by atoms with Crippen molar-refractivity contribution in [3.63, 3.8) is 0 Å². The molecule has 3 aromatic heterocycles. The Balaban J connectivity index is 1.62. The normalized spacial score (nSPS) is 11.6. The summed E-state index contributed by atoms with van der Waals surface area (Å²) in [6.45, 7) is 0. The van der Waals surface area contributed by atoms with Crippen molar-refractivity contribution in [2.45, 2.75) is 11.3 Å². The van der Waals surface area contributed by atoms with Crippen LogP contribution in [0.3, 0.4) is 0 Å². The van der Waals surface area contributed by atoms with Gasteiger partial charge in [0, 0.05) is 13.2 Å². The summed E-state index contributed by atoms with van der Waals surface area (Å²) in [5.41, 5.74) is -0.996. The molecule has 0 spiro atoms. The maximum absolute atomic E-state index is 12.6. The van der Waals surface area contributed by atoms with Crippen LogP contribution in [0.15, 0.2) is 40.2 Å². The Kier molecular flexibility index (Phi) is 5.42. The number of hydrogen-bond acceptors (Lipinski definition) is 6. The zero-order chi connectivity index (χ0) is 19.6. The van der Waals surface area contributed by atoms with Gasteiger partial charge >= 0.3 is 6.18 Å². The van der Waals surface area contributed by atoms with Crippen LogP contribution in [0.1, 0.15) is 5.56 Å². The number of amides is 1. The molecule has 0 bridgehead atoms. The topological polar surface area (TPSA) is 85.8 Å². The molecule has 0 saturated carbocycles. The summed E-state index contributed by atoms with van der Waals surface area (Å²) in [5.74, 6) is 0.307. The molecule has 12 heteroatoms. The lowest BCUT2D eigenvalue weighted by Gasteiger charge is -2.10. The molecule has 1 amide bonds. The van der Waals surface area contributed by atoms with Gasteiger partial charge in [0.2, 0.25) is 5.91 Å². The number of carbonyl (C=O) groups is 1. The van der Waals surface area contributed by atoms with Crippen LogP contribution in [0, 0.1) is 0 Å². The highest BCUT2D eigenvalue weighted by Gasteiger charge is 2.31. The Hall–Kier alpha value is -2.53. The standard InChI is InChI=1S/C15H11ClF3N5O2S/c1-24-13(10-3-2-4-26-10)22-23-14(24)27-7-11(25)21-12-9(16)5-8(6-20-12)15(17,18)19/h2-6H,7H2,1H3,(H,20,21,25). The molecule has 142 valence electrons. The Morgan fingerprint density at radius 1 is 1.41 bits per heavy atom. The zero-order valence-corrected chi connectivity index (χ0v) is 15.2. The largest absolute Gasteiger partial charge is 0.461 e. The van der Waals surface area contributed by atoms with Gasteiger partial charge in [0.25, 0.3) is 0 Å². The molecule has 0 radical (unpaired) electrons. The van der Waals surface area contributed by atoms with E-state index in [1.807, 2.05) is 0 Å². The summed E-state index contributed by atoms with van der Waals surface area (Å²) in [6, 6.07) is 4.14. The van der Waals surface area contributed by atoms with E-state index in [-0.39, 0.29) is 16.6 Å². The summed E-state index contributed by atoms with van der Waals surface area (Å²) in [4.78, 5) is 15.6. The molecule has 3 rings (SSSR count). The van der Waals surface area contributed by atoms with Gasteiger partial charge < -0.3 is 14.3 Å². The van der Waals surface area contributed by atoms with Gasteiger partial charge in [0.05, 0.1) is 22.6 Å². The van der Waals surface area contributed by atoms with Crippen molar-refractivity contribution in [1.82, 2.24) is 19.7 Å². The minimum absolute atomic E-state index is 0.0663. The Morgan fingerprint density at radius 2 is 2.19 bits per heavy atom. The average Bonchev–Trinajstić information content (AvgIpc) is 3.23. The number of alkyl halides is 3. The van der Waals surface area contributed by atoms with Crippen LogP contribution in [0.5, 0.6) is 0 Å². The highest BCUT2D eigenvalue weighted by molar-refractivity contribution is 7.99. The van der Waals surface area contributed by atoms with E-state index in [9.17, 15) is 18.0 Å². The fraction of sp³-hybridized carbons (Fsp3) is 0.200. The molecule has 1 N–H and O–H groups in total. The minimum Gasteiger partial charge on any atom is -0.461 e. The summed E-state index contributed by atoms with van der Waals surface area (Å²) in [6.07, 6.45) is -2.45. The van der Waals surface area contributed by atoms with Gasteiger partial charge in [-0.1, -0.05) is 23.4 Å². The molecule has 27 heavy (non-hydrogen) atoms. The minimum atomic E-state index is -4.56. The number of pyridine rings is 1. The first kappa shape index (κ1) is 19.2. The van der Waals surface area contributed by atoms with Crippen molar-refractivity contribution in [3.05, 3.63) is 41.2 Å². The number of anilines is 1. The van der Waals surface area contributed by atoms with Crippen LogP contribution in [-0.4, -0.2) is 31.4 Å². The predicted octanol–water partition coefficient (Wildman–Crippen LogP) is 3.87. The Labute approximate surface area is 159 Å². The molecule has 0 saturated heterocycles. The monoisotopic (exact) mass is 417 g/mol. The van der Waals surface area contributed by atoms with Crippen molar-refractivity contribution >= 4 is 35.1 Å². The van der Waals surface area contributed by atoms with Gasteiger partial charge in [-0.3, -0.25) is 4.79 Å². The van der Waals surface area contributed by atoms with Crippen LogP contribution < -0.4 is 5.32 Å². The number of carbonyl (C=O) groups excluding carboxylic acids is 1. The zero-order valence-electron chi connectivity index (χ0n) is 13.6. The fourth-order valence-corrected chi connectivity index (χ4v) is 2.97. The van der Waals surface area contributed by atoms with Gasteiger partial charge in [-0.25, -0.2) is 4.98 Å². The second kappa shape index (κ2) is 7.61. The van der Waals surface area contributed by atoms with E-state index in [1.165, 1.54) is 6.26 Å². The lowest BCUT2D eigenvalue weighted by atomic mass is 10.3. The van der Waals surface area contributed by atoms with Crippen LogP contribution in [-0.2, 0) is 18.0 Å². The Morgan fingerprint density at radius 3 is 2.81 bits per heavy atom. The van der Waals surface area contributed by atoms with Gasteiger partial charge in [-0.2, -0.15) is 13.2 Å².